The van der Waals surface area contributed by atoms with Crippen molar-refractivity contribution in [2.24, 2.45) is 34.0 Å². The molecule has 4 heterocycles. The Hall–Kier alpha value is -1.71. The number of rotatable bonds is 0. The third kappa shape index (κ3) is 1.43. The van der Waals surface area contributed by atoms with Crippen molar-refractivity contribution in [1.82, 2.24) is 0 Å². The number of aliphatic hydroxyl groups is 2. The molecule has 2 saturated carbocycles. The zero-order valence-electron chi connectivity index (χ0n) is 16.6. The molecule has 6 rings (SSSR count). The summed E-state index contributed by atoms with van der Waals surface area (Å²) in [6.45, 7) is 7.43. The summed E-state index contributed by atoms with van der Waals surface area (Å²) in [7, 11) is 0. The lowest BCUT2D eigenvalue weighted by atomic mass is 9.52. The summed E-state index contributed by atoms with van der Waals surface area (Å²) in [5.41, 5.74) is -4.83. The first-order chi connectivity index (χ1) is 13.5. The molecule has 0 bridgehead atoms. The molecule has 9 heteroatoms. The van der Waals surface area contributed by atoms with E-state index in [1.165, 1.54) is 0 Å². The lowest BCUT2D eigenvalue weighted by molar-refractivity contribution is -0.207. The fourth-order valence-electron chi connectivity index (χ4n) is 8.28. The van der Waals surface area contributed by atoms with Crippen LogP contribution in [-0.2, 0) is 33.3 Å². The topological polar surface area (TPSA) is 129 Å². The summed E-state index contributed by atoms with van der Waals surface area (Å²) in [4.78, 5) is 38.1. The van der Waals surface area contributed by atoms with Crippen LogP contribution in [0, 0.1) is 34.0 Å². The number of ether oxygens (including phenoxy) is 4. The minimum Gasteiger partial charge on any atom is -0.459 e. The third-order valence-corrected chi connectivity index (χ3v) is 8.66. The number of fused-ring (bicyclic) bond motifs is 1. The molecule has 7 unspecified atom stereocenters. The quantitative estimate of drug-likeness (QED) is 0.403. The van der Waals surface area contributed by atoms with Gasteiger partial charge in [-0.1, -0.05) is 27.7 Å². The molecule has 0 radical (unpaired) electrons. The highest BCUT2D eigenvalue weighted by molar-refractivity contribution is 5.91. The Morgan fingerprint density at radius 1 is 1.07 bits per heavy atom. The van der Waals surface area contributed by atoms with Crippen molar-refractivity contribution in [3.63, 3.8) is 0 Å². The number of carbonyl (C=O) groups is 3. The highest BCUT2D eigenvalue weighted by atomic mass is 16.7. The Morgan fingerprint density at radius 3 is 2.41 bits per heavy atom. The minimum absolute atomic E-state index is 0.107. The van der Waals surface area contributed by atoms with E-state index in [2.05, 4.69) is 0 Å². The normalized spacial score (nSPS) is 59.2. The van der Waals surface area contributed by atoms with Gasteiger partial charge in [0.05, 0.1) is 35.2 Å². The molecule has 11 atom stereocenters. The minimum atomic E-state index is -1.71. The van der Waals surface area contributed by atoms with Gasteiger partial charge in [-0.25, -0.2) is 4.79 Å². The van der Waals surface area contributed by atoms with E-state index in [1.807, 2.05) is 20.8 Å². The zero-order valence-corrected chi connectivity index (χ0v) is 16.6. The zero-order chi connectivity index (χ0) is 20.9. The Labute approximate surface area is 166 Å². The van der Waals surface area contributed by atoms with E-state index in [-0.39, 0.29) is 6.42 Å². The summed E-state index contributed by atoms with van der Waals surface area (Å²) in [6.07, 6.45) is -5.71. The van der Waals surface area contributed by atoms with Crippen molar-refractivity contribution in [3.8, 4) is 0 Å². The van der Waals surface area contributed by atoms with Crippen LogP contribution in [0.1, 0.15) is 34.1 Å². The van der Waals surface area contributed by atoms with Crippen molar-refractivity contribution >= 4 is 17.9 Å². The van der Waals surface area contributed by atoms with Crippen LogP contribution in [0.5, 0.6) is 0 Å². The van der Waals surface area contributed by atoms with E-state index in [9.17, 15) is 24.6 Å². The number of carbonyl (C=O) groups excluding carboxylic acids is 3. The SMILES string of the molecule is C[C@@H]1C(=O)OC2C1C13O[C@@H]4OC(=O)CC45[C@H](C(C)(C)C)[C@@H](O)C(OC1=O)C35C2O. The molecule has 4 aliphatic heterocycles. The Balaban J connectivity index is 1.69. The highest BCUT2D eigenvalue weighted by Gasteiger charge is 3.00. The molecule has 2 N–H and O–H groups in total. The summed E-state index contributed by atoms with van der Waals surface area (Å²) >= 11 is 0. The molecular weight excluding hydrogens is 384 g/mol. The van der Waals surface area contributed by atoms with Gasteiger partial charge < -0.3 is 29.2 Å². The van der Waals surface area contributed by atoms with E-state index in [0.717, 1.165) is 0 Å². The fourth-order valence-corrected chi connectivity index (χ4v) is 8.28. The molecular formula is C20H24O9. The Morgan fingerprint density at radius 2 is 1.76 bits per heavy atom. The molecule has 9 nitrogen and oxygen atoms in total. The monoisotopic (exact) mass is 408 g/mol. The molecule has 158 valence electrons. The van der Waals surface area contributed by atoms with Gasteiger partial charge in [-0.15, -0.1) is 0 Å². The van der Waals surface area contributed by atoms with Crippen molar-refractivity contribution in [2.45, 2.75) is 70.4 Å². The van der Waals surface area contributed by atoms with Gasteiger partial charge in [0.2, 0.25) is 6.29 Å². The van der Waals surface area contributed by atoms with Crippen LogP contribution >= 0.6 is 0 Å². The van der Waals surface area contributed by atoms with Crippen LogP contribution in [0.2, 0.25) is 0 Å². The fraction of sp³-hybridized carbons (Fsp3) is 0.850. The molecule has 0 aromatic carbocycles. The first-order valence-electron chi connectivity index (χ1n) is 10.1. The maximum atomic E-state index is 13.3. The Kier molecular flexibility index (Phi) is 2.89. The van der Waals surface area contributed by atoms with E-state index >= 15 is 0 Å². The predicted molar refractivity (Wildman–Crippen MR) is 90.6 cm³/mol. The number of esters is 3. The summed E-state index contributed by atoms with van der Waals surface area (Å²) in [5, 5.41) is 23.0. The molecule has 0 aromatic heterocycles. The molecule has 0 amide bonds. The van der Waals surface area contributed by atoms with Crippen LogP contribution in [-0.4, -0.2) is 64.4 Å². The first kappa shape index (κ1) is 18.1. The second-order valence-electron chi connectivity index (χ2n) is 10.6. The largest absolute Gasteiger partial charge is 0.459 e. The summed E-state index contributed by atoms with van der Waals surface area (Å²) in [5.74, 6) is -3.79. The molecule has 4 saturated heterocycles. The van der Waals surface area contributed by atoms with Gasteiger partial charge in [-0.05, 0) is 5.41 Å². The standard InChI is InChI=1S/C20H24O9/c1-6-8-10(27-14(6)24)12(23)19-13-9(22)11(17(2,3)4)18(19)5-7(21)26-16(18)29-20(8,19)15(25)28-13/h6,8-13,16,22-23H,5H2,1-4H3/t6-,8?,9+,10?,11-,12?,13?,16-,18?,19?,20?/m0/s1. The van der Waals surface area contributed by atoms with Gasteiger partial charge in [0.1, 0.15) is 18.3 Å². The highest BCUT2D eigenvalue weighted by Crippen LogP contribution is 2.83. The van der Waals surface area contributed by atoms with Gasteiger partial charge in [0, 0.05) is 5.92 Å². The van der Waals surface area contributed by atoms with Gasteiger partial charge in [0.15, 0.2) is 5.60 Å². The Bertz CT molecular complexity index is 878. The maximum Gasteiger partial charge on any atom is 0.340 e. The average molecular weight is 408 g/mol. The van der Waals surface area contributed by atoms with Crippen molar-refractivity contribution in [3.05, 3.63) is 0 Å². The van der Waals surface area contributed by atoms with Crippen LogP contribution in [0.3, 0.4) is 0 Å². The van der Waals surface area contributed by atoms with E-state index < -0.39 is 88.2 Å². The first-order valence-corrected chi connectivity index (χ1v) is 10.1. The second kappa shape index (κ2) is 4.63. The third-order valence-electron chi connectivity index (χ3n) is 8.66. The summed E-state index contributed by atoms with van der Waals surface area (Å²) in [6, 6.07) is 0. The van der Waals surface area contributed by atoms with Crippen molar-refractivity contribution < 1.29 is 43.5 Å². The summed E-state index contributed by atoms with van der Waals surface area (Å²) < 4.78 is 23.0. The smallest absolute Gasteiger partial charge is 0.340 e. The number of aliphatic hydroxyl groups excluding tert-OH is 2. The van der Waals surface area contributed by atoms with Crippen LogP contribution in [0.15, 0.2) is 0 Å². The van der Waals surface area contributed by atoms with Crippen molar-refractivity contribution in [1.29, 1.82) is 0 Å². The molecule has 2 spiro atoms. The average Bonchev–Trinajstić information content (AvgIpc) is 3.30. The molecule has 6 aliphatic rings. The maximum absolute atomic E-state index is 13.3. The molecule has 2 aliphatic carbocycles. The lowest BCUT2D eigenvalue weighted by Crippen LogP contribution is -2.59. The molecule has 6 fully saturated rings. The number of hydrogen-bond acceptors (Lipinski definition) is 9. The van der Waals surface area contributed by atoms with Gasteiger partial charge in [-0.3, -0.25) is 9.59 Å². The van der Waals surface area contributed by atoms with Crippen molar-refractivity contribution in [2.75, 3.05) is 0 Å². The second-order valence-corrected chi connectivity index (χ2v) is 10.6. The van der Waals surface area contributed by atoms with E-state index in [0.29, 0.717) is 0 Å². The van der Waals surface area contributed by atoms with Crippen LogP contribution in [0.25, 0.3) is 0 Å². The van der Waals surface area contributed by atoms with Gasteiger partial charge in [-0.2, -0.15) is 0 Å². The van der Waals surface area contributed by atoms with E-state index in [4.69, 9.17) is 18.9 Å². The predicted octanol–water partition coefficient (Wildman–Crippen LogP) is -0.484. The number of hydrogen-bond donors (Lipinski definition) is 2. The lowest BCUT2D eigenvalue weighted by Gasteiger charge is -2.45. The molecule has 0 aromatic rings. The van der Waals surface area contributed by atoms with Crippen LogP contribution < -0.4 is 0 Å². The molecule has 29 heavy (non-hydrogen) atoms. The van der Waals surface area contributed by atoms with Gasteiger partial charge in [0.25, 0.3) is 0 Å². The van der Waals surface area contributed by atoms with Crippen LogP contribution in [0.4, 0.5) is 0 Å². The van der Waals surface area contributed by atoms with Gasteiger partial charge >= 0.3 is 17.9 Å². The van der Waals surface area contributed by atoms with E-state index in [1.54, 1.807) is 6.92 Å².